The molecule has 1 aromatic carbocycles. The molecule has 0 aliphatic heterocycles. The summed E-state index contributed by atoms with van der Waals surface area (Å²) in [5.41, 5.74) is 4.59. The number of thiazole rings is 1. The molecule has 0 bridgehead atoms. The lowest BCUT2D eigenvalue weighted by atomic mass is 10.1. The second kappa shape index (κ2) is 5.90. The molecule has 24 heavy (non-hydrogen) atoms. The van der Waals surface area contributed by atoms with Crippen molar-refractivity contribution in [2.45, 2.75) is 6.92 Å². The number of nitrogens with zero attached hydrogens (tertiary/aromatic N) is 2. The quantitative estimate of drug-likeness (QED) is 0.588. The fourth-order valence-electron chi connectivity index (χ4n) is 2.72. The van der Waals surface area contributed by atoms with Gasteiger partial charge >= 0.3 is 0 Å². The van der Waals surface area contributed by atoms with Crippen molar-refractivity contribution in [1.82, 2.24) is 15.0 Å². The van der Waals surface area contributed by atoms with Crippen molar-refractivity contribution in [3.8, 4) is 11.3 Å². The number of amides is 1. The summed E-state index contributed by atoms with van der Waals surface area (Å²) >= 11 is 1.41. The average Bonchev–Trinajstić information content (AvgIpc) is 3.18. The first-order valence-electron chi connectivity index (χ1n) is 7.47. The van der Waals surface area contributed by atoms with Crippen LogP contribution in [0.25, 0.3) is 22.2 Å². The highest BCUT2D eigenvalue weighted by Gasteiger charge is 2.15. The van der Waals surface area contributed by atoms with Crippen LogP contribution in [-0.2, 0) is 0 Å². The predicted octanol–water partition coefficient (Wildman–Crippen LogP) is 4.25. The summed E-state index contributed by atoms with van der Waals surface area (Å²) in [4.78, 5) is 24.1. The molecule has 4 rings (SSSR count). The molecule has 3 aromatic heterocycles. The van der Waals surface area contributed by atoms with Gasteiger partial charge in [-0.2, -0.15) is 0 Å². The first-order chi connectivity index (χ1) is 11.7. The van der Waals surface area contributed by atoms with Gasteiger partial charge < -0.3 is 4.98 Å². The maximum atomic E-state index is 12.2. The van der Waals surface area contributed by atoms with Crippen LogP contribution in [0.1, 0.15) is 16.1 Å². The minimum absolute atomic E-state index is 0.209. The fraction of sp³-hybridized carbons (Fsp3) is 0.0556. The van der Waals surface area contributed by atoms with Gasteiger partial charge in [0, 0.05) is 39.9 Å². The summed E-state index contributed by atoms with van der Waals surface area (Å²) in [6.45, 7) is 2.03. The van der Waals surface area contributed by atoms with E-state index >= 15 is 0 Å². The molecule has 5 nitrogen and oxygen atoms in total. The number of anilines is 1. The summed E-state index contributed by atoms with van der Waals surface area (Å²) in [5.74, 6) is -0.209. The van der Waals surface area contributed by atoms with Crippen LogP contribution in [0, 0.1) is 6.92 Å². The molecule has 0 aliphatic carbocycles. The number of carbonyl (C=O) groups is 1. The largest absolute Gasteiger partial charge is 0.358 e. The topological polar surface area (TPSA) is 70.7 Å². The minimum Gasteiger partial charge on any atom is -0.358 e. The first kappa shape index (κ1) is 14.6. The third-order valence-corrected chi connectivity index (χ3v) is 4.56. The lowest BCUT2D eigenvalue weighted by Gasteiger charge is -2.00. The van der Waals surface area contributed by atoms with Crippen LogP contribution < -0.4 is 5.32 Å². The molecule has 2 N–H and O–H groups in total. The number of H-pyrrole nitrogens is 1. The number of rotatable bonds is 3. The molecule has 3 heterocycles. The molecule has 118 valence electrons. The van der Waals surface area contributed by atoms with Gasteiger partial charge in [-0.1, -0.05) is 18.2 Å². The van der Waals surface area contributed by atoms with Crippen molar-refractivity contribution >= 4 is 33.3 Å². The normalized spacial score (nSPS) is 10.9. The van der Waals surface area contributed by atoms with Crippen molar-refractivity contribution in [1.29, 1.82) is 0 Å². The number of aryl methyl sites for hydroxylation is 1. The van der Waals surface area contributed by atoms with Gasteiger partial charge in [-0.05, 0) is 25.1 Å². The number of carbonyl (C=O) groups excluding carboxylic acids is 1. The predicted molar refractivity (Wildman–Crippen MR) is 96.3 cm³/mol. The third-order valence-electron chi connectivity index (χ3n) is 3.80. The van der Waals surface area contributed by atoms with E-state index in [1.54, 1.807) is 18.3 Å². The molecule has 6 heteroatoms. The molecule has 0 atom stereocenters. The van der Waals surface area contributed by atoms with Gasteiger partial charge in [0.2, 0.25) is 0 Å². The summed E-state index contributed by atoms with van der Waals surface area (Å²) in [6, 6.07) is 11.6. The maximum absolute atomic E-state index is 12.2. The second-order valence-corrected chi connectivity index (χ2v) is 6.26. The number of aromatic amines is 1. The molecule has 0 radical (unpaired) electrons. The van der Waals surface area contributed by atoms with Gasteiger partial charge in [0.1, 0.15) is 0 Å². The zero-order valence-corrected chi connectivity index (χ0v) is 13.7. The zero-order valence-electron chi connectivity index (χ0n) is 12.9. The van der Waals surface area contributed by atoms with E-state index in [0.29, 0.717) is 10.7 Å². The Morgan fingerprint density at radius 1 is 1.21 bits per heavy atom. The number of hydrogen-bond acceptors (Lipinski definition) is 4. The Balaban J connectivity index is 1.65. The van der Waals surface area contributed by atoms with E-state index in [4.69, 9.17) is 0 Å². The molecular formula is C18H14N4OS. The Labute approximate surface area is 142 Å². The molecule has 0 unspecified atom stereocenters. The number of fused-ring (bicyclic) bond motifs is 1. The van der Waals surface area contributed by atoms with Gasteiger partial charge in [-0.25, -0.2) is 4.98 Å². The van der Waals surface area contributed by atoms with Crippen molar-refractivity contribution in [3.63, 3.8) is 0 Å². The van der Waals surface area contributed by atoms with Crippen LogP contribution in [-0.4, -0.2) is 20.9 Å². The SMILES string of the molecule is Cc1[nH]c2ccccc2c1-c1csc(NC(=O)c2cccnc2)n1. The van der Waals surface area contributed by atoms with Crippen LogP contribution in [0.4, 0.5) is 5.13 Å². The van der Waals surface area contributed by atoms with Crippen molar-refractivity contribution < 1.29 is 4.79 Å². The van der Waals surface area contributed by atoms with E-state index in [1.165, 1.54) is 17.5 Å². The molecule has 4 aromatic rings. The highest BCUT2D eigenvalue weighted by molar-refractivity contribution is 7.14. The highest BCUT2D eigenvalue weighted by atomic mass is 32.1. The van der Waals surface area contributed by atoms with E-state index < -0.39 is 0 Å². The van der Waals surface area contributed by atoms with E-state index in [-0.39, 0.29) is 5.91 Å². The van der Waals surface area contributed by atoms with E-state index in [2.05, 4.69) is 26.3 Å². The Bertz CT molecular complexity index is 1020. The Morgan fingerprint density at radius 3 is 2.92 bits per heavy atom. The Hall–Kier alpha value is -2.99. The van der Waals surface area contributed by atoms with E-state index in [1.807, 2.05) is 30.5 Å². The van der Waals surface area contributed by atoms with Gasteiger partial charge in [0.15, 0.2) is 5.13 Å². The standard InChI is InChI=1S/C18H14N4OS/c1-11-16(13-6-2-3-7-14(13)20-11)15-10-24-18(21-15)22-17(23)12-5-4-8-19-9-12/h2-10,20H,1H3,(H,21,22,23). The minimum atomic E-state index is -0.209. The second-order valence-electron chi connectivity index (χ2n) is 5.40. The van der Waals surface area contributed by atoms with Crippen LogP contribution in [0.15, 0.2) is 54.2 Å². The average molecular weight is 334 g/mol. The molecule has 0 spiro atoms. The number of benzene rings is 1. The maximum Gasteiger partial charge on any atom is 0.259 e. The summed E-state index contributed by atoms with van der Waals surface area (Å²) < 4.78 is 0. The van der Waals surface area contributed by atoms with Gasteiger partial charge in [0.25, 0.3) is 5.91 Å². The van der Waals surface area contributed by atoms with Crippen molar-refractivity contribution in [2.75, 3.05) is 5.32 Å². The number of hydrogen-bond donors (Lipinski definition) is 2. The number of para-hydroxylation sites is 1. The van der Waals surface area contributed by atoms with Gasteiger partial charge in [-0.15, -0.1) is 11.3 Å². The summed E-state index contributed by atoms with van der Waals surface area (Å²) in [5, 5.41) is 6.49. The van der Waals surface area contributed by atoms with Crippen LogP contribution in [0.3, 0.4) is 0 Å². The Morgan fingerprint density at radius 2 is 2.08 bits per heavy atom. The zero-order chi connectivity index (χ0) is 16.5. The molecule has 0 saturated carbocycles. The first-order valence-corrected chi connectivity index (χ1v) is 8.35. The van der Waals surface area contributed by atoms with Crippen molar-refractivity contribution in [3.05, 3.63) is 65.4 Å². The highest BCUT2D eigenvalue weighted by Crippen LogP contribution is 2.33. The molecular weight excluding hydrogens is 320 g/mol. The van der Waals surface area contributed by atoms with E-state index in [0.717, 1.165) is 27.9 Å². The van der Waals surface area contributed by atoms with Crippen LogP contribution in [0.2, 0.25) is 0 Å². The molecule has 1 amide bonds. The summed E-state index contributed by atoms with van der Waals surface area (Å²) in [7, 11) is 0. The van der Waals surface area contributed by atoms with E-state index in [9.17, 15) is 4.79 Å². The smallest absolute Gasteiger partial charge is 0.259 e. The van der Waals surface area contributed by atoms with Crippen molar-refractivity contribution in [2.24, 2.45) is 0 Å². The Kier molecular flexibility index (Phi) is 3.59. The number of pyridine rings is 1. The van der Waals surface area contributed by atoms with Crippen LogP contribution in [0.5, 0.6) is 0 Å². The van der Waals surface area contributed by atoms with Crippen LogP contribution >= 0.6 is 11.3 Å². The number of aromatic nitrogens is 3. The lowest BCUT2D eigenvalue weighted by Crippen LogP contribution is -2.11. The fourth-order valence-corrected chi connectivity index (χ4v) is 3.42. The molecule has 0 fully saturated rings. The van der Waals surface area contributed by atoms with Gasteiger partial charge in [0.05, 0.1) is 11.3 Å². The van der Waals surface area contributed by atoms with Gasteiger partial charge in [-0.3, -0.25) is 15.1 Å². The summed E-state index contributed by atoms with van der Waals surface area (Å²) in [6.07, 6.45) is 3.17. The molecule has 0 aliphatic rings. The monoisotopic (exact) mass is 334 g/mol. The molecule has 0 saturated heterocycles. The lowest BCUT2D eigenvalue weighted by molar-refractivity contribution is 0.102. The number of nitrogens with one attached hydrogen (secondary N) is 2. The third kappa shape index (κ3) is 2.57.